The molecule has 0 aromatic heterocycles. The molecule has 0 saturated carbocycles. The van der Waals surface area contributed by atoms with Gasteiger partial charge in [0.15, 0.2) is 0 Å². The topological polar surface area (TPSA) is 30.5 Å². The molecule has 0 aliphatic carbocycles. The van der Waals surface area contributed by atoms with Crippen LogP contribution in [0.4, 0.5) is 0 Å². The van der Waals surface area contributed by atoms with Crippen molar-refractivity contribution in [1.29, 1.82) is 0 Å². The van der Waals surface area contributed by atoms with Gasteiger partial charge in [0.1, 0.15) is 11.9 Å². The molecule has 1 atom stereocenters. The average molecular weight is 328 g/mol. The normalized spacial score (nSPS) is 19.4. The number of hydrogen-bond acceptors (Lipinski definition) is 3. The van der Waals surface area contributed by atoms with E-state index >= 15 is 0 Å². The molecule has 2 rings (SSSR count). The summed E-state index contributed by atoms with van der Waals surface area (Å²) < 4.78 is 12.8. The van der Waals surface area contributed by atoms with Gasteiger partial charge in [-0.3, -0.25) is 0 Å². The number of aryl methyl sites for hydroxylation is 1. The van der Waals surface area contributed by atoms with Gasteiger partial charge in [-0.15, -0.1) is 0 Å². The largest absolute Gasteiger partial charge is 0.487 e. The standard InChI is InChI=1S/C15H22BrNO2/c1-3-17-9-12-8-13(16)7-11(2)15(12)19-14-5-4-6-18-10-14/h7-8,14,17H,3-6,9-10H2,1-2H3. The van der Waals surface area contributed by atoms with Crippen molar-refractivity contribution in [3.63, 3.8) is 0 Å². The van der Waals surface area contributed by atoms with Crippen LogP contribution < -0.4 is 10.1 Å². The summed E-state index contributed by atoms with van der Waals surface area (Å²) in [7, 11) is 0. The van der Waals surface area contributed by atoms with Gasteiger partial charge in [-0.1, -0.05) is 22.9 Å². The number of nitrogens with one attached hydrogen (secondary N) is 1. The summed E-state index contributed by atoms with van der Waals surface area (Å²) >= 11 is 3.56. The third-order valence-corrected chi connectivity index (χ3v) is 3.74. The molecule has 1 aromatic carbocycles. The SMILES string of the molecule is CCNCc1cc(Br)cc(C)c1OC1CCCOC1. The lowest BCUT2D eigenvalue weighted by atomic mass is 10.1. The zero-order valence-electron chi connectivity index (χ0n) is 11.7. The Bertz CT molecular complexity index is 417. The third-order valence-electron chi connectivity index (χ3n) is 3.28. The lowest BCUT2D eigenvalue weighted by Crippen LogP contribution is -2.29. The van der Waals surface area contributed by atoms with Crippen LogP contribution in [0.5, 0.6) is 5.75 Å². The molecule has 1 saturated heterocycles. The number of ether oxygens (including phenoxy) is 2. The highest BCUT2D eigenvalue weighted by Crippen LogP contribution is 2.30. The number of hydrogen-bond donors (Lipinski definition) is 1. The maximum absolute atomic E-state index is 6.18. The van der Waals surface area contributed by atoms with E-state index in [2.05, 4.69) is 47.2 Å². The molecule has 0 spiro atoms. The minimum absolute atomic E-state index is 0.189. The Labute approximate surface area is 123 Å². The van der Waals surface area contributed by atoms with Gasteiger partial charge in [0.05, 0.1) is 6.61 Å². The molecular formula is C15H22BrNO2. The van der Waals surface area contributed by atoms with Gasteiger partial charge in [-0.05, 0) is 44.0 Å². The average Bonchev–Trinajstić information content (AvgIpc) is 2.41. The molecule has 0 amide bonds. The van der Waals surface area contributed by atoms with Crippen molar-refractivity contribution in [3.05, 3.63) is 27.7 Å². The molecule has 1 aliphatic heterocycles. The van der Waals surface area contributed by atoms with E-state index < -0.39 is 0 Å². The minimum atomic E-state index is 0.189. The van der Waals surface area contributed by atoms with E-state index in [9.17, 15) is 0 Å². The smallest absolute Gasteiger partial charge is 0.127 e. The van der Waals surface area contributed by atoms with Crippen LogP contribution in [0, 0.1) is 6.92 Å². The number of halogens is 1. The van der Waals surface area contributed by atoms with Crippen molar-refractivity contribution in [2.75, 3.05) is 19.8 Å². The van der Waals surface area contributed by atoms with Crippen molar-refractivity contribution in [2.45, 2.75) is 39.3 Å². The second kappa shape index (κ2) is 7.27. The molecule has 1 unspecified atom stereocenters. The van der Waals surface area contributed by atoms with Crippen LogP contribution in [0.2, 0.25) is 0 Å². The lowest BCUT2D eigenvalue weighted by Gasteiger charge is -2.26. The molecule has 1 aliphatic rings. The minimum Gasteiger partial charge on any atom is -0.487 e. The summed E-state index contributed by atoms with van der Waals surface area (Å²) in [5.41, 5.74) is 2.38. The quantitative estimate of drug-likeness (QED) is 0.898. The first kappa shape index (κ1) is 14.8. The molecule has 1 N–H and O–H groups in total. The van der Waals surface area contributed by atoms with Crippen molar-refractivity contribution in [1.82, 2.24) is 5.32 Å². The van der Waals surface area contributed by atoms with E-state index in [0.29, 0.717) is 6.61 Å². The monoisotopic (exact) mass is 327 g/mol. The fourth-order valence-corrected chi connectivity index (χ4v) is 2.95. The Morgan fingerprint density at radius 2 is 2.32 bits per heavy atom. The van der Waals surface area contributed by atoms with E-state index in [1.54, 1.807) is 0 Å². The van der Waals surface area contributed by atoms with Gasteiger partial charge in [-0.25, -0.2) is 0 Å². The zero-order valence-corrected chi connectivity index (χ0v) is 13.3. The Kier molecular flexibility index (Phi) is 5.67. The second-order valence-corrected chi connectivity index (χ2v) is 5.86. The van der Waals surface area contributed by atoms with Crippen LogP contribution in [-0.4, -0.2) is 25.9 Å². The summed E-state index contributed by atoms with van der Waals surface area (Å²) in [6, 6.07) is 4.24. The highest BCUT2D eigenvalue weighted by atomic mass is 79.9. The first-order valence-electron chi connectivity index (χ1n) is 6.95. The van der Waals surface area contributed by atoms with Crippen LogP contribution in [-0.2, 0) is 11.3 Å². The van der Waals surface area contributed by atoms with Crippen LogP contribution >= 0.6 is 15.9 Å². The highest BCUT2D eigenvalue weighted by Gasteiger charge is 2.18. The number of rotatable bonds is 5. The van der Waals surface area contributed by atoms with Crippen molar-refractivity contribution < 1.29 is 9.47 Å². The molecule has 3 nitrogen and oxygen atoms in total. The molecule has 1 fully saturated rings. The van der Waals surface area contributed by atoms with E-state index in [0.717, 1.165) is 42.8 Å². The van der Waals surface area contributed by atoms with Gasteiger partial charge in [0, 0.05) is 23.2 Å². The van der Waals surface area contributed by atoms with Crippen molar-refractivity contribution in [2.24, 2.45) is 0 Å². The maximum Gasteiger partial charge on any atom is 0.127 e. The fourth-order valence-electron chi connectivity index (χ4n) is 2.33. The molecule has 106 valence electrons. The van der Waals surface area contributed by atoms with Crippen LogP contribution in [0.1, 0.15) is 30.9 Å². The van der Waals surface area contributed by atoms with Gasteiger partial charge >= 0.3 is 0 Å². The third kappa shape index (κ3) is 4.20. The Balaban J connectivity index is 2.15. The van der Waals surface area contributed by atoms with E-state index in [-0.39, 0.29) is 6.10 Å². The van der Waals surface area contributed by atoms with Crippen molar-refractivity contribution in [3.8, 4) is 5.75 Å². The van der Waals surface area contributed by atoms with Crippen LogP contribution in [0.25, 0.3) is 0 Å². The van der Waals surface area contributed by atoms with Gasteiger partial charge in [-0.2, -0.15) is 0 Å². The zero-order chi connectivity index (χ0) is 13.7. The molecule has 1 heterocycles. The lowest BCUT2D eigenvalue weighted by molar-refractivity contribution is 0.00672. The van der Waals surface area contributed by atoms with Crippen LogP contribution in [0.3, 0.4) is 0 Å². The summed E-state index contributed by atoms with van der Waals surface area (Å²) in [5.74, 6) is 1.01. The van der Waals surface area contributed by atoms with E-state index in [1.807, 2.05) is 0 Å². The van der Waals surface area contributed by atoms with E-state index in [1.165, 1.54) is 11.1 Å². The number of benzene rings is 1. The summed E-state index contributed by atoms with van der Waals surface area (Å²) in [4.78, 5) is 0. The fraction of sp³-hybridized carbons (Fsp3) is 0.600. The Morgan fingerprint density at radius 1 is 1.47 bits per heavy atom. The van der Waals surface area contributed by atoms with Crippen LogP contribution in [0.15, 0.2) is 16.6 Å². The first-order valence-corrected chi connectivity index (χ1v) is 7.74. The van der Waals surface area contributed by atoms with Gasteiger partial charge < -0.3 is 14.8 Å². The first-order chi connectivity index (χ1) is 9.20. The molecule has 0 bridgehead atoms. The Hall–Kier alpha value is -0.580. The summed E-state index contributed by atoms with van der Waals surface area (Å²) in [6.45, 7) is 7.57. The predicted octanol–water partition coefficient (Wildman–Crippen LogP) is 3.42. The molecule has 1 aromatic rings. The highest BCUT2D eigenvalue weighted by molar-refractivity contribution is 9.10. The molecular weight excluding hydrogens is 306 g/mol. The van der Waals surface area contributed by atoms with Gasteiger partial charge in [0.25, 0.3) is 0 Å². The molecule has 19 heavy (non-hydrogen) atoms. The second-order valence-electron chi connectivity index (χ2n) is 4.95. The molecule has 4 heteroatoms. The van der Waals surface area contributed by atoms with Crippen molar-refractivity contribution >= 4 is 15.9 Å². The Morgan fingerprint density at radius 3 is 3.00 bits per heavy atom. The van der Waals surface area contributed by atoms with E-state index in [4.69, 9.17) is 9.47 Å². The summed E-state index contributed by atoms with van der Waals surface area (Å²) in [6.07, 6.45) is 2.35. The predicted molar refractivity (Wildman–Crippen MR) is 80.7 cm³/mol. The van der Waals surface area contributed by atoms with Gasteiger partial charge in [0.2, 0.25) is 0 Å². The summed E-state index contributed by atoms with van der Waals surface area (Å²) in [5, 5.41) is 3.36. The maximum atomic E-state index is 6.18. The molecule has 0 radical (unpaired) electrons.